The van der Waals surface area contributed by atoms with E-state index in [0.29, 0.717) is 0 Å². The molecule has 0 aromatic heterocycles. The van der Waals surface area contributed by atoms with Crippen LogP contribution >= 0.6 is 0 Å². The molecule has 0 saturated heterocycles. The van der Waals surface area contributed by atoms with Crippen molar-refractivity contribution >= 4 is 11.4 Å². The van der Waals surface area contributed by atoms with Gasteiger partial charge >= 0.3 is 0 Å². The second kappa shape index (κ2) is 6.95. The second-order valence-corrected chi connectivity index (χ2v) is 7.54. The minimum atomic E-state index is 0.895. The average Bonchev–Trinajstić information content (AvgIpc) is 2.71. The monoisotopic (exact) mass is 334 g/mol. The van der Waals surface area contributed by atoms with E-state index in [1.54, 1.807) is 0 Å². The van der Waals surface area contributed by atoms with Crippen LogP contribution in [-0.2, 0) is 0 Å². The van der Waals surface area contributed by atoms with Gasteiger partial charge in [-0.3, -0.25) is 0 Å². The highest BCUT2D eigenvalue weighted by molar-refractivity contribution is 5.66. The molecule has 2 aromatic carbocycles. The van der Waals surface area contributed by atoms with Crippen LogP contribution in [-0.4, -0.2) is 13.2 Å². The number of rotatable bonds is 2. The number of anilines is 2. The first kappa shape index (κ1) is 17.6. The molecule has 25 heavy (non-hydrogen) atoms. The molecule has 0 atom stereocenters. The van der Waals surface area contributed by atoms with Gasteiger partial charge in [-0.05, 0) is 70.2 Å². The zero-order valence-electron chi connectivity index (χ0n) is 16.5. The molecule has 1 heterocycles. The van der Waals surface area contributed by atoms with Crippen molar-refractivity contribution in [2.24, 2.45) is 0 Å². The first-order valence-corrected chi connectivity index (χ1v) is 9.21. The summed E-state index contributed by atoms with van der Waals surface area (Å²) in [7, 11) is 0. The van der Waals surface area contributed by atoms with Gasteiger partial charge in [-0.2, -0.15) is 0 Å². The van der Waals surface area contributed by atoms with Crippen LogP contribution in [0.5, 0.6) is 0 Å². The largest absolute Gasteiger partial charge is 0.353 e. The van der Waals surface area contributed by atoms with Crippen molar-refractivity contribution in [2.45, 2.75) is 48.0 Å². The number of benzene rings is 2. The number of nitrogens with zero attached hydrogens (tertiary/aromatic N) is 2. The fraction of sp³-hybridized carbons (Fsp3) is 0.391. The molecule has 0 fully saturated rings. The summed E-state index contributed by atoms with van der Waals surface area (Å²) < 4.78 is 0. The van der Waals surface area contributed by atoms with Gasteiger partial charge in [0.05, 0.1) is 6.67 Å². The van der Waals surface area contributed by atoms with Gasteiger partial charge in [-0.15, -0.1) is 0 Å². The third-order valence-corrected chi connectivity index (χ3v) is 5.05. The Morgan fingerprint density at radius 2 is 1.16 bits per heavy atom. The number of hydrogen-bond acceptors (Lipinski definition) is 2. The summed E-state index contributed by atoms with van der Waals surface area (Å²) in [6, 6.07) is 9.17. The highest BCUT2D eigenvalue weighted by atomic mass is 15.3. The van der Waals surface area contributed by atoms with Gasteiger partial charge in [0.15, 0.2) is 0 Å². The second-order valence-electron chi connectivity index (χ2n) is 7.54. The quantitative estimate of drug-likeness (QED) is 0.692. The summed E-state index contributed by atoms with van der Waals surface area (Å²) in [4.78, 5) is 4.94. The molecule has 0 amide bonds. The Morgan fingerprint density at radius 3 is 1.68 bits per heavy atom. The van der Waals surface area contributed by atoms with Gasteiger partial charge in [0, 0.05) is 24.1 Å². The SMILES string of the molecule is Cc1cc(C)c(N2C=CCCN(c3c(C)cc(C)cc3C)C2)c(C)c1. The summed E-state index contributed by atoms with van der Waals surface area (Å²) in [5, 5.41) is 0. The number of hydrogen-bond donors (Lipinski definition) is 0. The normalized spacial score (nSPS) is 14.8. The Balaban J connectivity index is 2.00. The van der Waals surface area contributed by atoms with E-state index in [9.17, 15) is 0 Å². The predicted molar refractivity (Wildman–Crippen MR) is 110 cm³/mol. The Morgan fingerprint density at radius 1 is 0.680 bits per heavy atom. The Kier molecular flexibility index (Phi) is 4.89. The summed E-state index contributed by atoms with van der Waals surface area (Å²) in [6.45, 7) is 15.2. The van der Waals surface area contributed by atoms with Crippen LogP contribution in [0.25, 0.3) is 0 Å². The van der Waals surface area contributed by atoms with Crippen LogP contribution in [0.3, 0.4) is 0 Å². The Bertz CT molecular complexity index is 771. The van der Waals surface area contributed by atoms with Crippen LogP contribution < -0.4 is 9.80 Å². The summed E-state index contributed by atoms with van der Waals surface area (Å²) in [5.74, 6) is 0. The van der Waals surface area contributed by atoms with E-state index in [1.807, 2.05) is 0 Å². The van der Waals surface area contributed by atoms with Gasteiger partial charge < -0.3 is 9.80 Å². The van der Waals surface area contributed by atoms with Gasteiger partial charge in [0.2, 0.25) is 0 Å². The molecule has 2 nitrogen and oxygen atoms in total. The van der Waals surface area contributed by atoms with E-state index in [-0.39, 0.29) is 0 Å². The van der Waals surface area contributed by atoms with Crippen molar-refractivity contribution in [2.75, 3.05) is 23.0 Å². The topological polar surface area (TPSA) is 6.48 Å². The lowest BCUT2D eigenvalue weighted by molar-refractivity contribution is 0.796. The van der Waals surface area contributed by atoms with Crippen molar-refractivity contribution in [3.8, 4) is 0 Å². The molecule has 0 bridgehead atoms. The molecule has 3 rings (SSSR count). The zero-order chi connectivity index (χ0) is 18.1. The van der Waals surface area contributed by atoms with Crippen molar-refractivity contribution in [3.63, 3.8) is 0 Å². The van der Waals surface area contributed by atoms with E-state index >= 15 is 0 Å². The third-order valence-electron chi connectivity index (χ3n) is 5.05. The maximum Gasteiger partial charge on any atom is 0.0946 e. The highest BCUT2D eigenvalue weighted by Gasteiger charge is 2.19. The highest BCUT2D eigenvalue weighted by Crippen LogP contribution is 2.31. The van der Waals surface area contributed by atoms with Crippen molar-refractivity contribution in [1.82, 2.24) is 0 Å². The maximum atomic E-state index is 2.53. The molecular formula is C23H30N2. The van der Waals surface area contributed by atoms with E-state index in [1.165, 1.54) is 44.8 Å². The molecule has 0 radical (unpaired) electrons. The molecule has 132 valence electrons. The maximum absolute atomic E-state index is 2.53. The van der Waals surface area contributed by atoms with E-state index in [0.717, 1.165) is 19.6 Å². The molecule has 1 aliphatic heterocycles. The fourth-order valence-corrected chi connectivity index (χ4v) is 4.36. The standard InChI is InChI=1S/C23H30N2/c1-16-11-18(3)22(19(4)12-16)24-9-7-8-10-25(15-24)23-20(5)13-17(2)14-21(23)6/h7,9,11-14H,8,10,15H2,1-6H3. The lowest BCUT2D eigenvalue weighted by Crippen LogP contribution is -2.35. The minimum absolute atomic E-state index is 0.895. The molecule has 1 aliphatic rings. The molecular weight excluding hydrogens is 304 g/mol. The smallest absolute Gasteiger partial charge is 0.0946 e. The lowest BCUT2D eigenvalue weighted by atomic mass is 10.0. The van der Waals surface area contributed by atoms with Crippen LogP contribution in [0.15, 0.2) is 36.5 Å². The predicted octanol–water partition coefficient (Wildman–Crippen LogP) is 5.73. The van der Waals surface area contributed by atoms with Gasteiger partial charge in [-0.25, -0.2) is 0 Å². The van der Waals surface area contributed by atoms with E-state index in [2.05, 4.69) is 87.9 Å². The van der Waals surface area contributed by atoms with Gasteiger partial charge in [0.1, 0.15) is 0 Å². The summed E-state index contributed by atoms with van der Waals surface area (Å²) in [6.07, 6.45) is 5.65. The molecule has 2 aromatic rings. The first-order valence-electron chi connectivity index (χ1n) is 9.21. The minimum Gasteiger partial charge on any atom is -0.353 e. The molecule has 0 N–H and O–H groups in total. The average molecular weight is 335 g/mol. The van der Waals surface area contributed by atoms with Gasteiger partial charge in [0.25, 0.3) is 0 Å². The van der Waals surface area contributed by atoms with Gasteiger partial charge in [-0.1, -0.05) is 41.5 Å². The lowest BCUT2D eigenvalue weighted by Gasteiger charge is -2.33. The van der Waals surface area contributed by atoms with Crippen LogP contribution in [0.2, 0.25) is 0 Å². The van der Waals surface area contributed by atoms with Crippen LogP contribution in [0.4, 0.5) is 11.4 Å². The molecule has 0 spiro atoms. The van der Waals surface area contributed by atoms with Crippen LogP contribution in [0.1, 0.15) is 39.8 Å². The van der Waals surface area contributed by atoms with Crippen molar-refractivity contribution in [3.05, 3.63) is 69.9 Å². The Labute approximate surface area is 152 Å². The zero-order valence-corrected chi connectivity index (χ0v) is 16.5. The summed E-state index contributed by atoms with van der Waals surface area (Å²) in [5.41, 5.74) is 10.8. The van der Waals surface area contributed by atoms with Crippen molar-refractivity contribution < 1.29 is 0 Å². The molecule has 0 saturated carbocycles. The van der Waals surface area contributed by atoms with E-state index in [4.69, 9.17) is 0 Å². The van der Waals surface area contributed by atoms with E-state index < -0.39 is 0 Å². The van der Waals surface area contributed by atoms with Crippen LogP contribution in [0, 0.1) is 41.5 Å². The third kappa shape index (κ3) is 3.58. The molecule has 2 heteroatoms. The Hall–Kier alpha value is -2.22. The molecule has 0 unspecified atom stereocenters. The summed E-state index contributed by atoms with van der Waals surface area (Å²) >= 11 is 0. The fourth-order valence-electron chi connectivity index (χ4n) is 4.36. The van der Waals surface area contributed by atoms with Crippen molar-refractivity contribution in [1.29, 1.82) is 0 Å². The molecule has 0 aliphatic carbocycles. The first-order chi connectivity index (χ1) is 11.9. The number of aryl methyl sites for hydroxylation is 6.